The quantitative estimate of drug-likeness (QED) is 0.475. The summed E-state index contributed by atoms with van der Waals surface area (Å²) in [4.78, 5) is 12.7. The van der Waals surface area contributed by atoms with Crippen molar-refractivity contribution >= 4 is 39.4 Å². The van der Waals surface area contributed by atoms with Crippen LogP contribution in [0.5, 0.6) is 0 Å². The van der Waals surface area contributed by atoms with E-state index in [0.29, 0.717) is 5.02 Å². The van der Waals surface area contributed by atoms with Crippen LogP contribution in [0.3, 0.4) is 0 Å². The van der Waals surface area contributed by atoms with Crippen LogP contribution in [0.25, 0.3) is 21.8 Å². The summed E-state index contributed by atoms with van der Waals surface area (Å²) in [5, 5.41) is 2.75. The molecule has 4 aromatic rings. The van der Waals surface area contributed by atoms with E-state index < -0.39 is 6.04 Å². The highest BCUT2D eigenvalue weighted by Crippen LogP contribution is 2.35. The number of carbonyl (C=O) groups is 1. The molecule has 0 unspecified atom stereocenters. The molecule has 0 fully saturated rings. The summed E-state index contributed by atoms with van der Waals surface area (Å²) in [5.74, 6) is -0.302. The number of carbonyl (C=O) groups excluding carboxylic acids is 1. The number of ether oxygens (including phenoxy) is 1. The monoisotopic (exact) mass is 349 g/mol. The van der Waals surface area contributed by atoms with E-state index in [1.165, 1.54) is 7.11 Å². The van der Waals surface area contributed by atoms with Crippen LogP contribution >= 0.6 is 11.6 Å². The van der Waals surface area contributed by atoms with Gasteiger partial charge in [0.15, 0.2) is 6.04 Å². The van der Waals surface area contributed by atoms with Crippen LogP contribution in [0, 0.1) is 0 Å². The van der Waals surface area contributed by atoms with E-state index in [9.17, 15) is 4.79 Å². The van der Waals surface area contributed by atoms with Gasteiger partial charge >= 0.3 is 5.97 Å². The molecule has 4 rings (SSSR count). The molecule has 1 atom stereocenters. The molecular formula is C21H16ClNO2. The molecule has 0 saturated heterocycles. The fraction of sp³-hybridized carbons (Fsp3) is 0.0952. The van der Waals surface area contributed by atoms with Gasteiger partial charge in [-0.15, -0.1) is 0 Å². The number of hydrogen-bond donors (Lipinski definition) is 0. The first kappa shape index (κ1) is 15.7. The Morgan fingerprint density at radius 1 is 0.920 bits per heavy atom. The Labute approximate surface area is 150 Å². The number of benzene rings is 3. The van der Waals surface area contributed by atoms with Crippen LogP contribution < -0.4 is 0 Å². The van der Waals surface area contributed by atoms with Gasteiger partial charge < -0.3 is 9.30 Å². The molecule has 3 nitrogen and oxygen atoms in total. The molecule has 0 aliphatic rings. The van der Waals surface area contributed by atoms with Crippen molar-refractivity contribution in [3.63, 3.8) is 0 Å². The average Bonchev–Trinajstić information content (AvgIpc) is 2.97. The van der Waals surface area contributed by atoms with Crippen molar-refractivity contribution in [2.75, 3.05) is 7.11 Å². The smallest absolute Gasteiger partial charge is 0.333 e. The van der Waals surface area contributed by atoms with Crippen molar-refractivity contribution in [1.29, 1.82) is 0 Å². The molecule has 0 aliphatic heterocycles. The lowest BCUT2D eigenvalue weighted by Crippen LogP contribution is -2.22. The molecule has 3 aromatic carbocycles. The molecule has 4 heteroatoms. The summed E-state index contributed by atoms with van der Waals surface area (Å²) in [6, 6.07) is 22.9. The maximum absolute atomic E-state index is 12.7. The second kappa shape index (κ2) is 6.26. The Bertz CT molecular complexity index is 1070. The number of esters is 1. The van der Waals surface area contributed by atoms with E-state index in [2.05, 4.69) is 0 Å². The van der Waals surface area contributed by atoms with Crippen molar-refractivity contribution in [2.45, 2.75) is 6.04 Å². The number of hydrogen-bond acceptors (Lipinski definition) is 2. The fourth-order valence-corrected chi connectivity index (χ4v) is 3.56. The predicted molar refractivity (Wildman–Crippen MR) is 101 cm³/mol. The summed E-state index contributed by atoms with van der Waals surface area (Å²) < 4.78 is 7.16. The summed E-state index contributed by atoms with van der Waals surface area (Å²) in [7, 11) is 1.42. The Morgan fingerprint density at radius 2 is 1.60 bits per heavy atom. The number of fused-ring (bicyclic) bond motifs is 3. The van der Waals surface area contributed by atoms with Crippen LogP contribution in [0.2, 0.25) is 5.02 Å². The van der Waals surface area contributed by atoms with Crippen molar-refractivity contribution in [3.05, 3.63) is 83.4 Å². The minimum Gasteiger partial charge on any atom is -0.467 e. The molecule has 0 amide bonds. The minimum atomic E-state index is -0.560. The Hall–Kier alpha value is -2.78. The zero-order valence-corrected chi connectivity index (χ0v) is 14.4. The second-order valence-corrected chi connectivity index (χ2v) is 6.32. The maximum atomic E-state index is 12.7. The van der Waals surface area contributed by atoms with Gasteiger partial charge in [0.25, 0.3) is 0 Å². The zero-order chi connectivity index (χ0) is 17.4. The lowest BCUT2D eigenvalue weighted by Gasteiger charge is -2.19. The second-order valence-electron chi connectivity index (χ2n) is 5.89. The molecule has 25 heavy (non-hydrogen) atoms. The van der Waals surface area contributed by atoms with E-state index in [4.69, 9.17) is 16.3 Å². The van der Waals surface area contributed by atoms with Crippen molar-refractivity contribution < 1.29 is 9.53 Å². The van der Waals surface area contributed by atoms with E-state index in [0.717, 1.165) is 27.4 Å². The first-order valence-corrected chi connectivity index (χ1v) is 8.39. The molecule has 0 saturated carbocycles. The topological polar surface area (TPSA) is 31.2 Å². The lowest BCUT2D eigenvalue weighted by atomic mass is 10.1. The van der Waals surface area contributed by atoms with Gasteiger partial charge in [0.05, 0.1) is 18.1 Å². The van der Waals surface area contributed by atoms with Gasteiger partial charge in [0, 0.05) is 15.8 Å². The molecule has 0 radical (unpaired) electrons. The average molecular weight is 350 g/mol. The highest BCUT2D eigenvalue weighted by Gasteiger charge is 2.27. The first-order valence-electron chi connectivity index (χ1n) is 8.01. The third-order valence-electron chi connectivity index (χ3n) is 4.47. The van der Waals surface area contributed by atoms with E-state index in [1.54, 1.807) is 0 Å². The largest absolute Gasteiger partial charge is 0.467 e. The lowest BCUT2D eigenvalue weighted by molar-refractivity contribution is -0.143. The summed E-state index contributed by atoms with van der Waals surface area (Å²) >= 11 is 6.21. The number of nitrogens with zero attached hydrogens (tertiary/aromatic N) is 1. The van der Waals surface area contributed by atoms with Crippen LogP contribution in [0.15, 0.2) is 72.8 Å². The molecule has 1 aromatic heterocycles. The van der Waals surface area contributed by atoms with E-state index >= 15 is 0 Å². The van der Waals surface area contributed by atoms with Crippen LogP contribution in [0.4, 0.5) is 0 Å². The first-order chi connectivity index (χ1) is 12.2. The SMILES string of the molecule is COC(=O)[C@@H](c1ccccc1)n1c2ccccc2c2cc(Cl)ccc21. The van der Waals surface area contributed by atoms with Crippen molar-refractivity contribution in [1.82, 2.24) is 4.57 Å². The van der Waals surface area contributed by atoms with Gasteiger partial charge in [-0.1, -0.05) is 60.1 Å². The van der Waals surface area contributed by atoms with Crippen LogP contribution in [0.1, 0.15) is 11.6 Å². The van der Waals surface area contributed by atoms with Crippen LogP contribution in [-0.4, -0.2) is 17.6 Å². The molecule has 0 aliphatic carbocycles. The van der Waals surface area contributed by atoms with Gasteiger partial charge in [0.1, 0.15) is 0 Å². The van der Waals surface area contributed by atoms with Crippen molar-refractivity contribution in [3.8, 4) is 0 Å². The highest BCUT2D eigenvalue weighted by atomic mass is 35.5. The van der Waals surface area contributed by atoms with Crippen LogP contribution in [-0.2, 0) is 9.53 Å². The molecule has 1 heterocycles. The highest BCUT2D eigenvalue weighted by molar-refractivity contribution is 6.31. The number of rotatable bonds is 3. The number of aromatic nitrogens is 1. The summed E-state index contributed by atoms with van der Waals surface area (Å²) in [6.45, 7) is 0. The number of para-hydroxylation sites is 1. The van der Waals surface area contributed by atoms with Gasteiger partial charge in [-0.25, -0.2) is 4.79 Å². The normalized spacial score (nSPS) is 12.4. The Kier molecular flexibility index (Phi) is 3.94. The molecular weight excluding hydrogens is 334 g/mol. The van der Waals surface area contributed by atoms with Gasteiger partial charge in [0.2, 0.25) is 0 Å². The fourth-order valence-electron chi connectivity index (χ4n) is 3.39. The molecule has 0 N–H and O–H groups in total. The molecule has 124 valence electrons. The van der Waals surface area contributed by atoms with Crippen molar-refractivity contribution in [2.24, 2.45) is 0 Å². The van der Waals surface area contributed by atoms with E-state index in [1.807, 2.05) is 77.4 Å². The number of halogens is 1. The number of methoxy groups -OCH3 is 1. The standard InChI is InChI=1S/C21H16ClNO2/c1-25-21(24)20(14-7-3-2-4-8-14)23-18-10-6-5-9-16(18)17-13-15(22)11-12-19(17)23/h2-13,20H,1H3/t20-/m1/s1. The van der Waals surface area contributed by atoms with E-state index in [-0.39, 0.29) is 5.97 Å². The minimum absolute atomic E-state index is 0.302. The van der Waals surface area contributed by atoms with Gasteiger partial charge in [-0.2, -0.15) is 0 Å². The maximum Gasteiger partial charge on any atom is 0.333 e. The zero-order valence-electron chi connectivity index (χ0n) is 13.6. The summed E-state index contributed by atoms with van der Waals surface area (Å²) in [5.41, 5.74) is 2.80. The molecule has 0 bridgehead atoms. The Morgan fingerprint density at radius 3 is 2.36 bits per heavy atom. The van der Waals surface area contributed by atoms with Gasteiger partial charge in [-0.3, -0.25) is 0 Å². The summed E-state index contributed by atoms with van der Waals surface area (Å²) in [6.07, 6.45) is 0. The van der Waals surface area contributed by atoms with Gasteiger partial charge in [-0.05, 0) is 29.8 Å². The molecule has 0 spiro atoms. The predicted octanol–water partition coefficient (Wildman–Crippen LogP) is 5.21. The third-order valence-corrected chi connectivity index (χ3v) is 4.70. The Balaban J connectivity index is 2.10. The third kappa shape index (κ3) is 2.57.